The number of aromatic nitrogens is 3. The van der Waals surface area contributed by atoms with Crippen LogP contribution in [0.15, 0.2) is 42.5 Å². The molecule has 3 aliphatic heterocycles. The number of anilines is 1. The number of halogens is 3. The van der Waals surface area contributed by atoms with Gasteiger partial charge in [0.1, 0.15) is 17.3 Å². The van der Waals surface area contributed by atoms with Gasteiger partial charge in [-0.1, -0.05) is 18.2 Å². The zero-order chi connectivity index (χ0) is 38.0. The van der Waals surface area contributed by atoms with Crippen molar-refractivity contribution in [1.82, 2.24) is 24.8 Å². The fourth-order valence-electron chi connectivity index (χ4n) is 6.85. The maximum Gasteiger partial charge on any atom is 0.422 e. The predicted octanol–water partition coefficient (Wildman–Crippen LogP) is 6.86. The molecule has 0 radical (unpaired) electrons. The Bertz CT molecular complexity index is 1720. The van der Waals surface area contributed by atoms with Crippen LogP contribution in [0.5, 0.6) is 17.5 Å². The Morgan fingerprint density at radius 1 is 0.907 bits per heavy atom. The number of amides is 1. The van der Waals surface area contributed by atoms with Crippen LogP contribution < -0.4 is 19.5 Å². The van der Waals surface area contributed by atoms with E-state index in [4.69, 9.17) is 18.9 Å². The van der Waals surface area contributed by atoms with Crippen LogP contribution in [-0.4, -0.2) is 102 Å². The highest BCUT2D eigenvalue weighted by atomic mass is 19.4. The number of nitrogens with one attached hydrogen (secondary N) is 1. The first-order chi connectivity index (χ1) is 26.1. The second kappa shape index (κ2) is 18.1. The lowest BCUT2D eigenvalue weighted by atomic mass is 9.94. The van der Waals surface area contributed by atoms with Crippen LogP contribution in [-0.2, 0) is 17.7 Å². The molecule has 1 aliphatic carbocycles. The molecule has 1 amide bonds. The first kappa shape index (κ1) is 39.0. The highest BCUT2D eigenvalue weighted by Crippen LogP contribution is 2.50. The number of hydrogen-bond acceptors (Lipinski definition) is 11. The highest BCUT2D eigenvalue weighted by Gasteiger charge is 2.44. The molecule has 1 saturated carbocycles. The molecule has 4 aliphatic rings. The van der Waals surface area contributed by atoms with Crippen molar-refractivity contribution in [3.8, 4) is 17.5 Å². The Morgan fingerprint density at radius 3 is 2.33 bits per heavy atom. The van der Waals surface area contributed by atoms with Crippen LogP contribution in [0.1, 0.15) is 85.6 Å². The van der Waals surface area contributed by atoms with E-state index in [1.807, 2.05) is 24.3 Å². The van der Waals surface area contributed by atoms with Crippen LogP contribution >= 0.6 is 0 Å². The Kier molecular flexibility index (Phi) is 13.1. The normalized spacial score (nSPS) is 18.0. The van der Waals surface area contributed by atoms with Gasteiger partial charge < -0.3 is 34.1 Å². The van der Waals surface area contributed by atoms with E-state index < -0.39 is 24.9 Å². The van der Waals surface area contributed by atoms with E-state index in [9.17, 15) is 22.8 Å². The summed E-state index contributed by atoms with van der Waals surface area (Å²) in [4.78, 5) is 43.5. The molecule has 0 atom stereocenters. The third-order valence-electron chi connectivity index (χ3n) is 9.90. The highest BCUT2D eigenvalue weighted by molar-refractivity contribution is 5.98. The molecule has 4 heterocycles. The number of alkyl halides is 3. The number of fused-ring (bicyclic) bond motifs is 11. The van der Waals surface area contributed by atoms with Crippen molar-refractivity contribution >= 4 is 17.8 Å². The summed E-state index contributed by atoms with van der Waals surface area (Å²) in [7, 11) is 0. The molecule has 2 aromatic carbocycles. The van der Waals surface area contributed by atoms with E-state index >= 15 is 0 Å². The van der Waals surface area contributed by atoms with Crippen molar-refractivity contribution < 1.29 is 41.7 Å². The topological polar surface area (TPSA) is 128 Å². The average molecular weight is 755 g/mol. The Labute approximate surface area is 313 Å². The van der Waals surface area contributed by atoms with E-state index in [-0.39, 0.29) is 49.2 Å². The molecular formula is C39H49F3N6O6. The number of ether oxygens (including phenoxy) is 4. The summed E-state index contributed by atoms with van der Waals surface area (Å²) >= 11 is 0. The Balaban J connectivity index is 1.24. The molecule has 12 nitrogen and oxygen atoms in total. The van der Waals surface area contributed by atoms with Crippen molar-refractivity contribution in [3.05, 3.63) is 65.0 Å². The predicted molar refractivity (Wildman–Crippen MR) is 194 cm³/mol. The lowest BCUT2D eigenvalue weighted by molar-refractivity contribution is -0.154. The summed E-state index contributed by atoms with van der Waals surface area (Å²) in [6.45, 7) is 5.40. The number of nitrogens with zero attached hydrogens (tertiary/aromatic N) is 5. The molecule has 54 heavy (non-hydrogen) atoms. The summed E-state index contributed by atoms with van der Waals surface area (Å²) in [5.74, 6) is 1.25. The summed E-state index contributed by atoms with van der Waals surface area (Å²) < 4.78 is 61.6. The first-order valence-corrected chi connectivity index (χ1v) is 18.9. The van der Waals surface area contributed by atoms with Gasteiger partial charge in [0.05, 0.1) is 25.4 Å². The van der Waals surface area contributed by atoms with Crippen molar-refractivity contribution in [3.63, 3.8) is 0 Å². The molecule has 0 spiro atoms. The second-order valence-corrected chi connectivity index (χ2v) is 14.3. The van der Waals surface area contributed by atoms with Gasteiger partial charge in [0.15, 0.2) is 12.4 Å². The molecule has 7 rings (SSSR count). The number of carbonyl (C=O) groups excluding carboxylic acids is 2. The first-order valence-electron chi connectivity index (χ1n) is 18.9. The molecule has 6 bridgehead atoms. The number of carbonyl (C=O) groups is 2. The van der Waals surface area contributed by atoms with Crippen LogP contribution in [0, 0.1) is 5.41 Å². The minimum atomic E-state index is -4.58. The monoisotopic (exact) mass is 754 g/mol. The SMILES string of the molecule is CCOC(=O)N1CCCOc2ccc(cc2)CNc2nc(nc(OCC(F)(F)F)n2)Cc2ccc(C(=O)CCC3(CN4CCCC4)CC3)c(c2)OCCC1. The summed E-state index contributed by atoms with van der Waals surface area (Å²) in [6.07, 6.45) is 2.08. The van der Waals surface area contributed by atoms with Gasteiger partial charge in [-0.2, -0.15) is 28.1 Å². The van der Waals surface area contributed by atoms with E-state index in [0.717, 1.165) is 44.5 Å². The standard InChI is InChI=1S/C39H49F3N6O6/c1-2-51-37(50)48-19-5-21-52-30-10-7-28(8-11-30)25-43-35-44-34(45-36(46-35)54-27-39(40,41)42)24-29-9-12-31(33(23-29)53-22-6-20-48)32(49)13-14-38(15-16-38)26-47-17-3-4-18-47/h7-12,23H,2-6,13-22,24-27H2,1H3,(H,43,44,45,46). The smallest absolute Gasteiger partial charge is 0.422 e. The van der Waals surface area contributed by atoms with Gasteiger partial charge in [-0.3, -0.25) is 4.79 Å². The van der Waals surface area contributed by atoms with E-state index in [2.05, 4.69) is 25.2 Å². The van der Waals surface area contributed by atoms with Gasteiger partial charge >= 0.3 is 18.3 Å². The van der Waals surface area contributed by atoms with Gasteiger partial charge in [0.2, 0.25) is 5.95 Å². The van der Waals surface area contributed by atoms with E-state index in [1.54, 1.807) is 30.0 Å². The molecule has 1 N–H and O–H groups in total. The fourth-order valence-corrected chi connectivity index (χ4v) is 6.85. The third kappa shape index (κ3) is 11.7. The van der Waals surface area contributed by atoms with Gasteiger partial charge in [-0.05, 0) is 106 Å². The minimum Gasteiger partial charge on any atom is -0.494 e. The van der Waals surface area contributed by atoms with Crippen molar-refractivity contribution in [1.29, 1.82) is 0 Å². The zero-order valence-electron chi connectivity index (χ0n) is 30.8. The lowest BCUT2D eigenvalue weighted by Crippen LogP contribution is -2.34. The third-order valence-corrected chi connectivity index (χ3v) is 9.90. The van der Waals surface area contributed by atoms with Crippen molar-refractivity contribution in [2.75, 3.05) is 64.5 Å². The van der Waals surface area contributed by atoms with E-state index in [1.165, 1.54) is 12.8 Å². The van der Waals surface area contributed by atoms with Crippen LogP contribution in [0.4, 0.5) is 23.9 Å². The number of rotatable bonds is 9. The number of benzene rings is 2. The van der Waals surface area contributed by atoms with Crippen LogP contribution in [0.2, 0.25) is 0 Å². The van der Waals surface area contributed by atoms with Crippen LogP contribution in [0.3, 0.4) is 0 Å². The van der Waals surface area contributed by atoms with Gasteiger partial charge in [-0.25, -0.2) is 4.79 Å². The molecule has 3 aromatic rings. The largest absolute Gasteiger partial charge is 0.494 e. The molecule has 15 heteroatoms. The number of ketones is 1. The van der Waals surface area contributed by atoms with Gasteiger partial charge in [0.25, 0.3) is 0 Å². The molecule has 1 saturated heterocycles. The Morgan fingerprint density at radius 2 is 1.63 bits per heavy atom. The van der Waals surface area contributed by atoms with Crippen molar-refractivity contribution in [2.24, 2.45) is 5.41 Å². The maximum atomic E-state index is 13.8. The summed E-state index contributed by atoms with van der Waals surface area (Å²) in [5.41, 5.74) is 2.19. The molecular weight excluding hydrogens is 705 g/mol. The molecule has 292 valence electrons. The van der Waals surface area contributed by atoms with Gasteiger partial charge in [-0.15, -0.1) is 0 Å². The van der Waals surface area contributed by atoms with Crippen LogP contribution in [0.25, 0.3) is 0 Å². The quantitative estimate of drug-likeness (QED) is 0.230. The van der Waals surface area contributed by atoms with Gasteiger partial charge in [0, 0.05) is 39.0 Å². The molecule has 0 unspecified atom stereocenters. The van der Waals surface area contributed by atoms with E-state index in [0.29, 0.717) is 61.6 Å². The lowest BCUT2D eigenvalue weighted by Gasteiger charge is -2.23. The summed E-state index contributed by atoms with van der Waals surface area (Å²) in [6, 6.07) is 12.1. The number of Topliss-reactive ketones (excluding diaryl/α,β-unsaturated/α-hetero) is 1. The number of likely N-dealkylation sites (tertiary alicyclic amines) is 1. The zero-order valence-corrected chi connectivity index (χ0v) is 30.8. The fraction of sp³-hybridized carbons (Fsp3) is 0.564. The molecule has 1 aromatic heterocycles. The Hall–Kier alpha value is -4.66. The number of hydrogen-bond donors (Lipinski definition) is 1. The second-order valence-electron chi connectivity index (χ2n) is 14.3. The summed E-state index contributed by atoms with van der Waals surface area (Å²) in [5, 5.41) is 3.06. The van der Waals surface area contributed by atoms with Crippen molar-refractivity contribution in [2.45, 2.75) is 77.4 Å². The molecule has 2 fully saturated rings. The minimum absolute atomic E-state index is 0.0129. The average Bonchev–Trinajstić information content (AvgIpc) is 3.72. The maximum absolute atomic E-state index is 13.8.